The summed E-state index contributed by atoms with van der Waals surface area (Å²) >= 11 is 6.08. The summed E-state index contributed by atoms with van der Waals surface area (Å²) in [6.07, 6.45) is -0.361. The smallest absolute Gasteiger partial charge is 0.409 e. The third-order valence-electron chi connectivity index (χ3n) is 5.78. The van der Waals surface area contributed by atoms with Gasteiger partial charge < -0.3 is 24.0 Å². The van der Waals surface area contributed by atoms with E-state index in [0.29, 0.717) is 66.4 Å². The van der Waals surface area contributed by atoms with Crippen molar-refractivity contribution in [3.05, 3.63) is 59.2 Å². The Labute approximate surface area is 208 Å². The molecule has 35 heavy (non-hydrogen) atoms. The van der Waals surface area contributed by atoms with Crippen molar-refractivity contribution in [1.29, 1.82) is 0 Å². The van der Waals surface area contributed by atoms with Crippen molar-refractivity contribution in [2.75, 3.05) is 47.0 Å². The second-order valence-electron chi connectivity index (χ2n) is 7.85. The molecule has 2 amide bonds. The van der Waals surface area contributed by atoms with Gasteiger partial charge in [0, 0.05) is 42.8 Å². The number of benzene rings is 2. The Morgan fingerprint density at radius 2 is 1.63 bits per heavy atom. The maximum absolute atomic E-state index is 13.6. The number of carbonyl (C=O) groups is 2. The lowest BCUT2D eigenvalue weighted by Crippen LogP contribution is -2.51. The van der Waals surface area contributed by atoms with E-state index >= 15 is 0 Å². The molecule has 2 heterocycles. The third kappa shape index (κ3) is 5.19. The summed E-state index contributed by atoms with van der Waals surface area (Å²) in [5.74, 6) is 1.04. The van der Waals surface area contributed by atoms with E-state index in [0.717, 1.165) is 5.56 Å². The molecule has 184 valence electrons. The fourth-order valence-electron chi connectivity index (χ4n) is 3.92. The van der Waals surface area contributed by atoms with Crippen molar-refractivity contribution in [2.45, 2.75) is 6.92 Å². The molecular formula is C25H27ClN4O5. The van der Waals surface area contributed by atoms with E-state index in [-0.39, 0.29) is 12.0 Å². The van der Waals surface area contributed by atoms with Crippen molar-refractivity contribution in [2.24, 2.45) is 0 Å². The largest absolute Gasteiger partial charge is 0.497 e. The van der Waals surface area contributed by atoms with Gasteiger partial charge in [-0.1, -0.05) is 11.6 Å². The van der Waals surface area contributed by atoms with E-state index in [4.69, 9.17) is 30.9 Å². The average molecular weight is 499 g/mol. The first-order chi connectivity index (χ1) is 16.9. The Morgan fingerprint density at radius 3 is 2.26 bits per heavy atom. The third-order valence-corrected chi connectivity index (χ3v) is 6.03. The van der Waals surface area contributed by atoms with Crippen LogP contribution in [0.15, 0.2) is 48.5 Å². The lowest BCUT2D eigenvalue weighted by atomic mass is 10.1. The highest BCUT2D eigenvalue weighted by Crippen LogP contribution is 2.34. The molecule has 0 N–H and O–H groups in total. The summed E-state index contributed by atoms with van der Waals surface area (Å²) < 4.78 is 17.5. The first-order valence-electron chi connectivity index (χ1n) is 11.2. The summed E-state index contributed by atoms with van der Waals surface area (Å²) in [4.78, 5) is 29.0. The number of nitrogens with zero attached hydrogens (tertiary/aromatic N) is 4. The van der Waals surface area contributed by atoms with Gasteiger partial charge in [0.25, 0.3) is 5.91 Å². The second kappa shape index (κ2) is 10.7. The Bertz CT molecular complexity index is 1200. The van der Waals surface area contributed by atoms with Crippen molar-refractivity contribution in [1.82, 2.24) is 19.6 Å². The predicted octanol–water partition coefficient (Wildman–Crippen LogP) is 4.12. The number of carbonyl (C=O) groups excluding carboxylic acids is 2. The number of rotatable bonds is 6. The van der Waals surface area contributed by atoms with Crippen molar-refractivity contribution in [3.8, 4) is 28.4 Å². The minimum atomic E-state index is -0.361. The average Bonchev–Trinajstić information content (AvgIpc) is 3.33. The molecule has 0 saturated carbocycles. The molecule has 1 saturated heterocycles. The summed E-state index contributed by atoms with van der Waals surface area (Å²) in [6, 6.07) is 14.3. The summed E-state index contributed by atoms with van der Waals surface area (Å²) in [5, 5.41) is 5.33. The van der Waals surface area contributed by atoms with E-state index in [9.17, 15) is 9.59 Å². The molecule has 0 bridgehead atoms. The van der Waals surface area contributed by atoms with Crippen molar-refractivity contribution >= 4 is 23.6 Å². The zero-order valence-electron chi connectivity index (χ0n) is 19.9. The standard InChI is InChI=1S/C25H27ClN4O5/c1-4-35-25(32)29-13-11-28(12-14-29)24(31)22-16-21(20-10-9-19(33-2)15-23(20)34-3)27-30(22)18-7-5-17(26)6-8-18/h5-10,15-16H,4,11-14H2,1-3H3. The Morgan fingerprint density at radius 1 is 0.943 bits per heavy atom. The highest BCUT2D eigenvalue weighted by atomic mass is 35.5. The van der Waals surface area contributed by atoms with Gasteiger partial charge in [-0.05, 0) is 49.4 Å². The van der Waals surface area contributed by atoms with E-state index < -0.39 is 0 Å². The molecule has 9 nitrogen and oxygen atoms in total. The minimum Gasteiger partial charge on any atom is -0.497 e. The normalized spacial score (nSPS) is 13.5. The zero-order chi connectivity index (χ0) is 24.9. The van der Waals surface area contributed by atoms with Gasteiger partial charge in [-0.2, -0.15) is 5.10 Å². The van der Waals surface area contributed by atoms with Crippen LogP contribution in [0.1, 0.15) is 17.4 Å². The number of hydrogen-bond donors (Lipinski definition) is 0. The molecule has 0 radical (unpaired) electrons. The molecular weight excluding hydrogens is 472 g/mol. The summed E-state index contributed by atoms with van der Waals surface area (Å²) in [5.41, 5.74) is 2.39. The molecule has 4 rings (SSSR count). The molecule has 0 spiro atoms. The first-order valence-corrected chi connectivity index (χ1v) is 11.6. The lowest BCUT2D eigenvalue weighted by molar-refractivity contribution is 0.0563. The molecule has 10 heteroatoms. The van der Waals surface area contributed by atoms with Crippen LogP contribution in [0.5, 0.6) is 11.5 Å². The number of methoxy groups -OCH3 is 2. The number of halogens is 1. The van der Waals surface area contributed by atoms with Gasteiger partial charge in [0.05, 0.1) is 32.2 Å². The van der Waals surface area contributed by atoms with Crippen LogP contribution in [-0.2, 0) is 4.74 Å². The van der Waals surface area contributed by atoms with Crippen LogP contribution < -0.4 is 9.47 Å². The van der Waals surface area contributed by atoms with E-state index in [1.165, 1.54) is 0 Å². The van der Waals surface area contributed by atoms with E-state index in [1.54, 1.807) is 72.0 Å². The summed E-state index contributed by atoms with van der Waals surface area (Å²) in [7, 11) is 3.16. The number of hydrogen-bond acceptors (Lipinski definition) is 6. The number of piperazine rings is 1. The van der Waals surface area contributed by atoms with Gasteiger partial charge >= 0.3 is 6.09 Å². The molecule has 0 atom stereocenters. The number of amides is 2. The number of ether oxygens (including phenoxy) is 3. The van der Waals surface area contributed by atoms with Gasteiger partial charge in [0.1, 0.15) is 17.2 Å². The quantitative estimate of drug-likeness (QED) is 0.508. The second-order valence-corrected chi connectivity index (χ2v) is 8.28. The van der Waals surface area contributed by atoms with Gasteiger partial charge in [-0.3, -0.25) is 4.79 Å². The minimum absolute atomic E-state index is 0.185. The Balaban J connectivity index is 1.68. The van der Waals surface area contributed by atoms with Crippen LogP contribution >= 0.6 is 11.6 Å². The molecule has 0 unspecified atom stereocenters. The Kier molecular flexibility index (Phi) is 7.45. The van der Waals surface area contributed by atoms with Gasteiger partial charge in [-0.15, -0.1) is 0 Å². The molecule has 1 aliphatic heterocycles. The van der Waals surface area contributed by atoms with Gasteiger partial charge in [0.2, 0.25) is 0 Å². The molecule has 1 fully saturated rings. The van der Waals surface area contributed by atoms with Gasteiger partial charge in [0.15, 0.2) is 0 Å². The van der Waals surface area contributed by atoms with E-state index in [1.807, 2.05) is 12.1 Å². The highest BCUT2D eigenvalue weighted by molar-refractivity contribution is 6.30. The highest BCUT2D eigenvalue weighted by Gasteiger charge is 2.29. The van der Waals surface area contributed by atoms with Crippen molar-refractivity contribution in [3.63, 3.8) is 0 Å². The molecule has 2 aromatic carbocycles. The van der Waals surface area contributed by atoms with Crippen LogP contribution in [0.25, 0.3) is 16.9 Å². The van der Waals surface area contributed by atoms with Crippen molar-refractivity contribution < 1.29 is 23.8 Å². The molecule has 3 aromatic rings. The van der Waals surface area contributed by atoms with Crippen LogP contribution in [0.4, 0.5) is 4.79 Å². The maximum atomic E-state index is 13.6. The maximum Gasteiger partial charge on any atom is 0.409 e. The molecule has 1 aromatic heterocycles. The lowest BCUT2D eigenvalue weighted by Gasteiger charge is -2.34. The Hall–Kier alpha value is -3.72. The monoisotopic (exact) mass is 498 g/mol. The fourth-order valence-corrected chi connectivity index (χ4v) is 4.05. The molecule has 1 aliphatic rings. The SMILES string of the molecule is CCOC(=O)N1CCN(C(=O)c2cc(-c3ccc(OC)cc3OC)nn2-c2ccc(Cl)cc2)CC1. The van der Waals surface area contributed by atoms with Crippen LogP contribution in [0.2, 0.25) is 5.02 Å². The van der Waals surface area contributed by atoms with Crippen LogP contribution in [-0.4, -0.2) is 78.6 Å². The van der Waals surface area contributed by atoms with Crippen LogP contribution in [0, 0.1) is 0 Å². The molecule has 0 aliphatic carbocycles. The predicted molar refractivity (Wildman–Crippen MR) is 132 cm³/mol. The zero-order valence-corrected chi connectivity index (χ0v) is 20.6. The number of aromatic nitrogens is 2. The first kappa shape index (κ1) is 24.4. The van der Waals surface area contributed by atoms with Crippen LogP contribution in [0.3, 0.4) is 0 Å². The van der Waals surface area contributed by atoms with Gasteiger partial charge in [-0.25, -0.2) is 9.48 Å². The summed E-state index contributed by atoms with van der Waals surface area (Å²) in [6.45, 7) is 3.67. The van der Waals surface area contributed by atoms with E-state index in [2.05, 4.69) is 0 Å². The fraction of sp³-hybridized carbons (Fsp3) is 0.320. The topological polar surface area (TPSA) is 86.1 Å².